The van der Waals surface area contributed by atoms with Crippen molar-refractivity contribution in [3.8, 4) is 0 Å². The summed E-state index contributed by atoms with van der Waals surface area (Å²) in [7, 11) is -3.52. The second-order valence-electron chi connectivity index (χ2n) is 2.95. The van der Waals surface area contributed by atoms with Crippen molar-refractivity contribution in [3.63, 3.8) is 0 Å². The van der Waals surface area contributed by atoms with Crippen LogP contribution in [0.5, 0.6) is 0 Å². The van der Waals surface area contributed by atoms with E-state index in [4.69, 9.17) is 11.1 Å². The van der Waals surface area contributed by atoms with E-state index < -0.39 is 21.7 Å². The van der Waals surface area contributed by atoms with Gasteiger partial charge in [-0.2, -0.15) is 0 Å². The summed E-state index contributed by atoms with van der Waals surface area (Å²) in [6.07, 6.45) is 0.932. The lowest BCUT2D eigenvalue weighted by atomic mass is 10.1. The fourth-order valence-electron chi connectivity index (χ4n) is 1.08. The van der Waals surface area contributed by atoms with Crippen LogP contribution in [0.2, 0.25) is 0 Å². The summed E-state index contributed by atoms with van der Waals surface area (Å²) in [4.78, 5) is 0. The SMILES string of the molecule is CS(=O)(=O)Nc1cccc(F)c1C(=N)N. The molecule has 0 atom stereocenters. The molecule has 15 heavy (non-hydrogen) atoms. The minimum Gasteiger partial charge on any atom is -0.384 e. The maximum absolute atomic E-state index is 13.2. The van der Waals surface area contributed by atoms with Gasteiger partial charge in [0.15, 0.2) is 0 Å². The summed E-state index contributed by atoms with van der Waals surface area (Å²) in [5.74, 6) is -1.27. The van der Waals surface area contributed by atoms with Gasteiger partial charge >= 0.3 is 0 Å². The highest BCUT2D eigenvalue weighted by Gasteiger charge is 2.13. The van der Waals surface area contributed by atoms with E-state index in [1.165, 1.54) is 12.1 Å². The second-order valence-corrected chi connectivity index (χ2v) is 4.70. The van der Waals surface area contributed by atoms with Crippen molar-refractivity contribution in [3.05, 3.63) is 29.6 Å². The molecule has 0 spiro atoms. The Balaban J connectivity index is 3.30. The molecule has 82 valence electrons. The van der Waals surface area contributed by atoms with Crippen molar-refractivity contribution < 1.29 is 12.8 Å². The third-order valence-corrected chi connectivity index (χ3v) is 2.17. The standard InChI is InChI=1S/C8H10FN3O2S/c1-15(13,14)12-6-4-2-3-5(9)7(6)8(10)11/h2-4,12H,1H3,(H3,10,11). The molecule has 0 saturated heterocycles. The van der Waals surface area contributed by atoms with Gasteiger partial charge in [-0.15, -0.1) is 0 Å². The Kier molecular flexibility index (Phi) is 2.94. The number of benzene rings is 1. The molecule has 0 heterocycles. The van der Waals surface area contributed by atoms with Gasteiger partial charge in [-0.05, 0) is 12.1 Å². The van der Waals surface area contributed by atoms with Crippen LogP contribution < -0.4 is 10.5 Å². The van der Waals surface area contributed by atoms with Crippen LogP contribution in [0.15, 0.2) is 18.2 Å². The molecule has 5 nitrogen and oxygen atoms in total. The number of anilines is 1. The quantitative estimate of drug-likeness (QED) is 0.521. The Labute approximate surface area is 86.7 Å². The number of hydrogen-bond donors (Lipinski definition) is 3. The maximum atomic E-state index is 13.2. The van der Waals surface area contributed by atoms with Crippen LogP contribution in [0.3, 0.4) is 0 Å². The van der Waals surface area contributed by atoms with Crippen molar-refractivity contribution >= 4 is 21.5 Å². The number of amidine groups is 1. The van der Waals surface area contributed by atoms with E-state index in [2.05, 4.69) is 4.72 Å². The summed E-state index contributed by atoms with van der Waals surface area (Å²) in [5, 5.41) is 7.13. The minimum absolute atomic E-state index is 0.0370. The Morgan fingerprint density at radius 2 is 2.13 bits per heavy atom. The molecule has 1 aromatic carbocycles. The van der Waals surface area contributed by atoms with E-state index in [1.807, 2.05) is 0 Å². The lowest BCUT2D eigenvalue weighted by Crippen LogP contribution is -2.19. The molecule has 4 N–H and O–H groups in total. The number of nitrogens with two attached hydrogens (primary N) is 1. The molecule has 0 amide bonds. The zero-order valence-electron chi connectivity index (χ0n) is 7.91. The van der Waals surface area contributed by atoms with Crippen LogP contribution in [0.25, 0.3) is 0 Å². The molecule has 0 aliphatic carbocycles. The van der Waals surface area contributed by atoms with Gasteiger partial charge < -0.3 is 5.73 Å². The molecule has 7 heteroatoms. The molecule has 0 aromatic heterocycles. The van der Waals surface area contributed by atoms with Gasteiger partial charge in [-0.3, -0.25) is 10.1 Å². The van der Waals surface area contributed by atoms with Crippen LogP contribution in [0.1, 0.15) is 5.56 Å². The molecule has 1 aromatic rings. The monoisotopic (exact) mass is 231 g/mol. The van der Waals surface area contributed by atoms with Gasteiger partial charge in [0.25, 0.3) is 0 Å². The molecule has 0 saturated carbocycles. The molecule has 0 bridgehead atoms. The van der Waals surface area contributed by atoms with Gasteiger partial charge in [0.2, 0.25) is 10.0 Å². The molecular weight excluding hydrogens is 221 g/mol. The minimum atomic E-state index is -3.52. The number of sulfonamides is 1. The van der Waals surface area contributed by atoms with Crippen LogP contribution in [-0.2, 0) is 10.0 Å². The lowest BCUT2D eigenvalue weighted by molar-refractivity contribution is 0.606. The number of halogens is 1. The third kappa shape index (κ3) is 2.91. The van der Waals surface area contributed by atoms with Crippen LogP contribution >= 0.6 is 0 Å². The first-order chi connectivity index (χ1) is 6.81. The summed E-state index contributed by atoms with van der Waals surface area (Å²) < 4.78 is 37.2. The highest BCUT2D eigenvalue weighted by Crippen LogP contribution is 2.19. The van der Waals surface area contributed by atoms with E-state index in [-0.39, 0.29) is 11.3 Å². The Bertz CT molecular complexity index is 499. The van der Waals surface area contributed by atoms with E-state index in [9.17, 15) is 12.8 Å². The number of rotatable bonds is 3. The first-order valence-electron chi connectivity index (χ1n) is 3.92. The zero-order chi connectivity index (χ0) is 11.6. The fourth-order valence-corrected chi connectivity index (χ4v) is 1.65. The molecular formula is C8H10FN3O2S. The third-order valence-electron chi connectivity index (χ3n) is 1.58. The smallest absolute Gasteiger partial charge is 0.229 e. The molecule has 0 radical (unpaired) electrons. The molecule has 0 unspecified atom stereocenters. The predicted octanol–water partition coefficient (Wildman–Crippen LogP) is 0.481. The van der Waals surface area contributed by atoms with Gasteiger partial charge in [-0.1, -0.05) is 6.07 Å². The summed E-state index contributed by atoms with van der Waals surface area (Å²) in [5.41, 5.74) is 4.86. The van der Waals surface area contributed by atoms with Crippen LogP contribution in [0.4, 0.5) is 10.1 Å². The van der Waals surface area contributed by atoms with E-state index in [0.29, 0.717) is 0 Å². The summed E-state index contributed by atoms with van der Waals surface area (Å²) in [6, 6.07) is 3.76. The molecule has 0 fully saturated rings. The zero-order valence-corrected chi connectivity index (χ0v) is 8.73. The molecule has 1 rings (SSSR count). The topological polar surface area (TPSA) is 96.0 Å². The number of nitrogen functional groups attached to an aromatic ring is 1. The molecule has 0 aliphatic heterocycles. The van der Waals surface area contributed by atoms with Crippen molar-refractivity contribution in [2.75, 3.05) is 11.0 Å². The number of nitrogens with one attached hydrogen (secondary N) is 2. The van der Waals surface area contributed by atoms with E-state index >= 15 is 0 Å². The predicted molar refractivity (Wildman–Crippen MR) is 55.9 cm³/mol. The highest BCUT2D eigenvalue weighted by atomic mass is 32.2. The van der Waals surface area contributed by atoms with Crippen molar-refractivity contribution in [1.82, 2.24) is 0 Å². The second kappa shape index (κ2) is 3.85. The number of hydrogen-bond acceptors (Lipinski definition) is 3. The van der Waals surface area contributed by atoms with Crippen molar-refractivity contribution in [1.29, 1.82) is 5.41 Å². The van der Waals surface area contributed by atoms with Crippen LogP contribution in [0, 0.1) is 11.2 Å². The lowest BCUT2D eigenvalue weighted by Gasteiger charge is -2.09. The fraction of sp³-hybridized carbons (Fsp3) is 0.125. The highest BCUT2D eigenvalue weighted by molar-refractivity contribution is 7.92. The van der Waals surface area contributed by atoms with E-state index in [1.54, 1.807) is 0 Å². The van der Waals surface area contributed by atoms with E-state index in [0.717, 1.165) is 12.3 Å². The Morgan fingerprint density at radius 1 is 1.53 bits per heavy atom. The van der Waals surface area contributed by atoms with Crippen LogP contribution in [-0.4, -0.2) is 20.5 Å². The summed E-state index contributed by atoms with van der Waals surface area (Å²) >= 11 is 0. The molecule has 0 aliphatic rings. The first kappa shape index (κ1) is 11.4. The Morgan fingerprint density at radius 3 is 2.60 bits per heavy atom. The maximum Gasteiger partial charge on any atom is 0.229 e. The first-order valence-corrected chi connectivity index (χ1v) is 5.81. The average molecular weight is 231 g/mol. The van der Waals surface area contributed by atoms with Gasteiger partial charge in [0.1, 0.15) is 11.7 Å². The van der Waals surface area contributed by atoms with Crippen molar-refractivity contribution in [2.45, 2.75) is 0 Å². The van der Waals surface area contributed by atoms with Gasteiger partial charge in [-0.25, -0.2) is 12.8 Å². The Hall–Kier alpha value is -1.63. The van der Waals surface area contributed by atoms with Gasteiger partial charge in [0, 0.05) is 0 Å². The van der Waals surface area contributed by atoms with Crippen molar-refractivity contribution in [2.24, 2.45) is 5.73 Å². The van der Waals surface area contributed by atoms with Gasteiger partial charge in [0.05, 0.1) is 17.5 Å². The normalized spacial score (nSPS) is 11.1. The average Bonchev–Trinajstić information content (AvgIpc) is 1.99. The largest absolute Gasteiger partial charge is 0.384 e. The summed E-state index contributed by atoms with van der Waals surface area (Å²) in [6.45, 7) is 0.